The average molecular weight is 286 g/mol. The standard InChI is InChI=1S/C13H18OS3/c1-15-10-6-9(8-13(14)4-5-13)7-11(16-2)12(10)17-3/h6-7,14H,4-5,8H2,1-3H3. The van der Waals surface area contributed by atoms with Crippen molar-refractivity contribution >= 4 is 35.3 Å². The van der Waals surface area contributed by atoms with Gasteiger partial charge in [-0.2, -0.15) is 0 Å². The van der Waals surface area contributed by atoms with Crippen molar-refractivity contribution in [2.45, 2.75) is 39.5 Å². The molecule has 1 saturated carbocycles. The van der Waals surface area contributed by atoms with Crippen molar-refractivity contribution in [2.24, 2.45) is 0 Å². The summed E-state index contributed by atoms with van der Waals surface area (Å²) >= 11 is 5.40. The summed E-state index contributed by atoms with van der Waals surface area (Å²) in [6.45, 7) is 0. The monoisotopic (exact) mass is 286 g/mol. The molecule has 0 bridgehead atoms. The molecule has 1 fully saturated rings. The van der Waals surface area contributed by atoms with E-state index in [1.807, 2.05) is 11.8 Å². The molecule has 0 aromatic heterocycles. The Balaban J connectivity index is 2.33. The first-order valence-corrected chi connectivity index (χ1v) is 9.30. The second kappa shape index (κ2) is 5.47. The molecule has 94 valence electrons. The van der Waals surface area contributed by atoms with Crippen LogP contribution in [0.2, 0.25) is 0 Å². The zero-order valence-electron chi connectivity index (χ0n) is 10.4. The van der Waals surface area contributed by atoms with Gasteiger partial charge in [0.1, 0.15) is 0 Å². The van der Waals surface area contributed by atoms with Crippen molar-refractivity contribution in [3.05, 3.63) is 17.7 Å². The van der Waals surface area contributed by atoms with E-state index in [9.17, 15) is 5.11 Å². The van der Waals surface area contributed by atoms with Crippen molar-refractivity contribution in [2.75, 3.05) is 18.8 Å². The minimum absolute atomic E-state index is 0.397. The van der Waals surface area contributed by atoms with E-state index in [1.165, 1.54) is 20.2 Å². The fourth-order valence-electron chi connectivity index (χ4n) is 1.94. The lowest BCUT2D eigenvalue weighted by molar-refractivity contribution is 0.151. The van der Waals surface area contributed by atoms with Gasteiger partial charge in [0.15, 0.2) is 0 Å². The first-order valence-electron chi connectivity index (χ1n) is 5.63. The summed E-state index contributed by atoms with van der Waals surface area (Å²) in [5, 5.41) is 10.0. The Morgan fingerprint density at radius 1 is 1.06 bits per heavy atom. The number of hydrogen-bond donors (Lipinski definition) is 1. The maximum atomic E-state index is 10.0. The molecule has 1 aromatic rings. The first-order chi connectivity index (χ1) is 8.11. The van der Waals surface area contributed by atoms with Crippen LogP contribution in [0.1, 0.15) is 18.4 Å². The molecule has 17 heavy (non-hydrogen) atoms. The predicted molar refractivity (Wildman–Crippen MR) is 79.7 cm³/mol. The number of aliphatic hydroxyl groups is 1. The van der Waals surface area contributed by atoms with Gasteiger partial charge in [-0.25, -0.2) is 0 Å². The van der Waals surface area contributed by atoms with Crippen molar-refractivity contribution in [3.8, 4) is 0 Å². The summed E-state index contributed by atoms with van der Waals surface area (Å²) < 4.78 is 0. The third-order valence-electron chi connectivity index (χ3n) is 3.08. The van der Waals surface area contributed by atoms with Gasteiger partial charge in [-0.15, -0.1) is 35.3 Å². The topological polar surface area (TPSA) is 20.2 Å². The Labute approximate surface area is 116 Å². The van der Waals surface area contributed by atoms with E-state index in [4.69, 9.17) is 0 Å². The van der Waals surface area contributed by atoms with Crippen LogP contribution in [0.5, 0.6) is 0 Å². The third kappa shape index (κ3) is 3.16. The third-order valence-corrected chi connectivity index (χ3v) is 5.71. The lowest BCUT2D eigenvalue weighted by Crippen LogP contribution is -2.10. The quantitative estimate of drug-likeness (QED) is 0.827. The highest BCUT2D eigenvalue weighted by Crippen LogP contribution is 2.42. The molecule has 1 aliphatic rings. The molecular formula is C13H18OS3. The van der Waals surface area contributed by atoms with E-state index in [1.54, 1.807) is 23.5 Å². The normalized spacial score (nSPS) is 17.2. The number of hydrogen-bond acceptors (Lipinski definition) is 4. The maximum Gasteiger partial charge on any atom is 0.0690 e. The smallest absolute Gasteiger partial charge is 0.0690 e. The summed E-state index contributed by atoms with van der Waals surface area (Å²) in [5.41, 5.74) is 0.878. The van der Waals surface area contributed by atoms with Crippen LogP contribution in [0.25, 0.3) is 0 Å². The fraction of sp³-hybridized carbons (Fsp3) is 0.538. The molecule has 1 aromatic carbocycles. The molecule has 0 unspecified atom stereocenters. The van der Waals surface area contributed by atoms with Gasteiger partial charge in [0.05, 0.1) is 5.60 Å². The van der Waals surface area contributed by atoms with Crippen LogP contribution in [0.4, 0.5) is 0 Å². The SMILES string of the molecule is CSc1cc(CC2(O)CC2)cc(SC)c1SC. The maximum absolute atomic E-state index is 10.0. The molecule has 2 rings (SSSR count). The van der Waals surface area contributed by atoms with Crippen LogP contribution in [0.15, 0.2) is 26.8 Å². The molecular weight excluding hydrogens is 268 g/mol. The molecule has 0 heterocycles. The van der Waals surface area contributed by atoms with Crippen LogP contribution < -0.4 is 0 Å². The van der Waals surface area contributed by atoms with Gasteiger partial charge in [-0.05, 0) is 49.3 Å². The zero-order chi connectivity index (χ0) is 12.5. The zero-order valence-corrected chi connectivity index (χ0v) is 12.9. The summed E-state index contributed by atoms with van der Waals surface area (Å²) in [6.07, 6.45) is 9.09. The van der Waals surface area contributed by atoms with Crippen LogP contribution in [-0.4, -0.2) is 29.5 Å². The molecule has 0 atom stereocenters. The lowest BCUT2D eigenvalue weighted by atomic mass is 10.1. The van der Waals surface area contributed by atoms with Crippen LogP contribution >= 0.6 is 35.3 Å². The summed E-state index contributed by atoms with van der Waals surface area (Å²) in [6, 6.07) is 4.49. The molecule has 0 aliphatic heterocycles. The predicted octanol–water partition coefficient (Wildman–Crippen LogP) is 3.92. The lowest BCUT2D eigenvalue weighted by Gasteiger charge is -2.14. The van der Waals surface area contributed by atoms with E-state index < -0.39 is 5.60 Å². The Hall–Kier alpha value is 0.230. The van der Waals surface area contributed by atoms with E-state index in [-0.39, 0.29) is 0 Å². The second-order valence-electron chi connectivity index (χ2n) is 4.43. The van der Waals surface area contributed by atoms with Gasteiger partial charge >= 0.3 is 0 Å². The van der Waals surface area contributed by atoms with Crippen molar-refractivity contribution in [3.63, 3.8) is 0 Å². The average Bonchev–Trinajstić information content (AvgIpc) is 3.05. The summed E-state index contributed by atoms with van der Waals surface area (Å²) in [4.78, 5) is 4.05. The highest BCUT2D eigenvalue weighted by Gasteiger charge is 2.40. The van der Waals surface area contributed by atoms with Crippen molar-refractivity contribution in [1.29, 1.82) is 0 Å². The Bertz CT molecular complexity index is 388. The van der Waals surface area contributed by atoms with Gasteiger partial charge < -0.3 is 5.11 Å². The number of benzene rings is 1. The Morgan fingerprint density at radius 3 is 1.94 bits per heavy atom. The van der Waals surface area contributed by atoms with Gasteiger partial charge in [0.25, 0.3) is 0 Å². The van der Waals surface area contributed by atoms with E-state index in [0.717, 1.165) is 19.3 Å². The molecule has 1 N–H and O–H groups in total. The summed E-state index contributed by atoms with van der Waals surface area (Å²) in [5.74, 6) is 0. The van der Waals surface area contributed by atoms with Gasteiger partial charge in [0.2, 0.25) is 0 Å². The molecule has 0 saturated heterocycles. The highest BCUT2D eigenvalue weighted by atomic mass is 32.2. The van der Waals surface area contributed by atoms with Gasteiger partial charge in [-0.1, -0.05) is 0 Å². The van der Waals surface area contributed by atoms with Crippen LogP contribution in [0, 0.1) is 0 Å². The summed E-state index contributed by atoms with van der Waals surface area (Å²) in [7, 11) is 0. The van der Waals surface area contributed by atoms with Gasteiger partial charge in [0, 0.05) is 21.1 Å². The van der Waals surface area contributed by atoms with E-state index in [2.05, 4.69) is 30.9 Å². The van der Waals surface area contributed by atoms with E-state index >= 15 is 0 Å². The number of rotatable bonds is 5. The van der Waals surface area contributed by atoms with Crippen molar-refractivity contribution < 1.29 is 5.11 Å². The molecule has 4 heteroatoms. The Kier molecular flexibility index (Phi) is 4.40. The second-order valence-corrected chi connectivity index (χ2v) is 6.95. The van der Waals surface area contributed by atoms with Crippen molar-refractivity contribution in [1.82, 2.24) is 0 Å². The molecule has 0 amide bonds. The largest absolute Gasteiger partial charge is 0.390 e. The molecule has 1 nitrogen and oxygen atoms in total. The highest BCUT2D eigenvalue weighted by molar-refractivity contribution is 8.03. The van der Waals surface area contributed by atoms with Gasteiger partial charge in [-0.3, -0.25) is 0 Å². The fourth-order valence-corrected chi connectivity index (χ4v) is 4.65. The Morgan fingerprint density at radius 2 is 1.59 bits per heavy atom. The minimum atomic E-state index is -0.397. The molecule has 0 radical (unpaired) electrons. The van der Waals surface area contributed by atoms with Crippen LogP contribution in [-0.2, 0) is 6.42 Å². The van der Waals surface area contributed by atoms with Crippen LogP contribution in [0.3, 0.4) is 0 Å². The first kappa shape index (κ1) is 13.7. The molecule has 1 aliphatic carbocycles. The molecule has 0 spiro atoms. The van der Waals surface area contributed by atoms with E-state index in [0.29, 0.717) is 0 Å². The number of thioether (sulfide) groups is 3. The minimum Gasteiger partial charge on any atom is -0.390 e.